The van der Waals surface area contributed by atoms with Crippen LogP contribution in [0, 0.1) is 0 Å². The van der Waals surface area contributed by atoms with E-state index >= 15 is 0 Å². The summed E-state index contributed by atoms with van der Waals surface area (Å²) in [6.45, 7) is 6.97. The third-order valence-corrected chi connectivity index (χ3v) is 3.24. The minimum absolute atomic E-state index is 0.0187. The van der Waals surface area contributed by atoms with E-state index in [1.807, 2.05) is 0 Å². The van der Waals surface area contributed by atoms with Crippen LogP contribution in [-0.4, -0.2) is 18.3 Å². The average molecular weight is 254 g/mol. The summed E-state index contributed by atoms with van der Waals surface area (Å²) < 4.78 is 0. The van der Waals surface area contributed by atoms with Crippen molar-refractivity contribution in [2.75, 3.05) is 12.4 Å². The van der Waals surface area contributed by atoms with Crippen molar-refractivity contribution >= 4 is 17.5 Å². The number of hydrogen-bond acceptors (Lipinski definition) is 1. The molecular weight excluding hydrogens is 234 g/mol. The zero-order valence-electron chi connectivity index (χ0n) is 10.7. The topological polar surface area (TPSA) is 29.1 Å². The molecule has 1 aromatic carbocycles. The summed E-state index contributed by atoms with van der Waals surface area (Å²) in [7, 11) is 0. The first-order valence-corrected chi connectivity index (χ1v) is 6.45. The normalized spacial score (nSPS) is 11.3. The molecule has 1 amide bonds. The molecular formula is C14H20ClNO. The lowest BCUT2D eigenvalue weighted by molar-refractivity contribution is -0.118. The van der Waals surface area contributed by atoms with Crippen molar-refractivity contribution < 1.29 is 4.79 Å². The van der Waals surface area contributed by atoms with Crippen molar-refractivity contribution in [2.45, 2.75) is 32.6 Å². The first-order chi connectivity index (χ1) is 7.99. The van der Waals surface area contributed by atoms with Crippen molar-refractivity contribution in [1.29, 1.82) is 0 Å². The molecule has 0 aliphatic rings. The second-order valence-electron chi connectivity index (χ2n) is 4.84. The number of rotatable bonds is 5. The quantitative estimate of drug-likeness (QED) is 0.804. The van der Waals surface area contributed by atoms with Gasteiger partial charge in [-0.3, -0.25) is 4.79 Å². The molecule has 0 spiro atoms. The van der Waals surface area contributed by atoms with Crippen LogP contribution in [0.2, 0.25) is 0 Å². The smallest absolute Gasteiger partial charge is 0.234 e. The van der Waals surface area contributed by atoms with E-state index in [-0.39, 0.29) is 17.2 Å². The van der Waals surface area contributed by atoms with Crippen LogP contribution in [0.5, 0.6) is 0 Å². The lowest BCUT2D eigenvalue weighted by Gasteiger charge is -2.25. The molecule has 0 aliphatic heterocycles. The number of hydrogen-bond donors (Lipinski definition) is 1. The maximum absolute atomic E-state index is 11.1. The highest BCUT2D eigenvalue weighted by atomic mass is 35.5. The van der Waals surface area contributed by atoms with Gasteiger partial charge in [-0.25, -0.2) is 0 Å². The Bertz CT molecular complexity index is 370. The number of nitrogens with one attached hydrogen (secondary N) is 1. The summed E-state index contributed by atoms with van der Waals surface area (Å²) in [6, 6.07) is 8.54. The van der Waals surface area contributed by atoms with E-state index in [0.717, 1.165) is 6.42 Å². The highest BCUT2D eigenvalue weighted by Crippen LogP contribution is 2.22. The van der Waals surface area contributed by atoms with Gasteiger partial charge in [0.05, 0.1) is 0 Å². The van der Waals surface area contributed by atoms with E-state index in [1.54, 1.807) is 0 Å². The monoisotopic (exact) mass is 253 g/mol. The van der Waals surface area contributed by atoms with Crippen molar-refractivity contribution in [1.82, 2.24) is 5.32 Å². The molecule has 94 valence electrons. The van der Waals surface area contributed by atoms with Gasteiger partial charge in [-0.05, 0) is 17.5 Å². The molecule has 1 aromatic rings. The molecule has 0 bridgehead atoms. The van der Waals surface area contributed by atoms with E-state index in [9.17, 15) is 4.79 Å². The maximum atomic E-state index is 11.1. The van der Waals surface area contributed by atoms with Crippen molar-refractivity contribution in [3.63, 3.8) is 0 Å². The molecule has 2 nitrogen and oxygen atoms in total. The zero-order valence-corrected chi connectivity index (χ0v) is 11.5. The van der Waals surface area contributed by atoms with Gasteiger partial charge in [-0.15, -0.1) is 11.6 Å². The SMILES string of the molecule is CCc1ccc(C(C)(C)CNC(=O)CCl)cc1. The van der Waals surface area contributed by atoms with Crippen LogP contribution >= 0.6 is 11.6 Å². The predicted molar refractivity (Wildman–Crippen MR) is 72.6 cm³/mol. The minimum atomic E-state index is -0.120. The highest BCUT2D eigenvalue weighted by molar-refractivity contribution is 6.27. The molecule has 0 saturated carbocycles. The Labute approximate surface area is 108 Å². The van der Waals surface area contributed by atoms with Crippen molar-refractivity contribution in [3.05, 3.63) is 35.4 Å². The van der Waals surface area contributed by atoms with E-state index in [0.29, 0.717) is 6.54 Å². The number of benzene rings is 1. The molecule has 0 atom stereocenters. The average Bonchev–Trinajstić information content (AvgIpc) is 2.36. The number of aryl methyl sites for hydroxylation is 1. The van der Waals surface area contributed by atoms with Crippen LogP contribution in [0.3, 0.4) is 0 Å². The Morgan fingerprint density at radius 1 is 1.29 bits per heavy atom. The minimum Gasteiger partial charge on any atom is -0.354 e. The molecule has 0 saturated heterocycles. The molecule has 1 N–H and O–H groups in total. The van der Waals surface area contributed by atoms with Gasteiger partial charge in [0.25, 0.3) is 0 Å². The second-order valence-corrected chi connectivity index (χ2v) is 5.11. The van der Waals surface area contributed by atoms with Gasteiger partial charge in [0.1, 0.15) is 5.88 Å². The third-order valence-electron chi connectivity index (χ3n) is 2.99. The Balaban J connectivity index is 2.70. The standard InChI is InChI=1S/C14H20ClNO/c1-4-11-5-7-12(8-6-11)14(2,3)10-16-13(17)9-15/h5-8H,4,9-10H2,1-3H3,(H,16,17). The van der Waals surface area contributed by atoms with E-state index < -0.39 is 0 Å². The molecule has 17 heavy (non-hydrogen) atoms. The summed E-state index contributed by atoms with van der Waals surface area (Å²) in [5.74, 6) is -0.102. The molecule has 0 aliphatic carbocycles. The molecule has 1 rings (SSSR count). The zero-order chi connectivity index (χ0) is 12.9. The summed E-state index contributed by atoms with van der Waals surface area (Å²) >= 11 is 5.45. The number of amides is 1. The molecule has 0 fully saturated rings. The van der Waals surface area contributed by atoms with E-state index in [4.69, 9.17) is 11.6 Å². The fourth-order valence-corrected chi connectivity index (χ4v) is 1.75. The van der Waals surface area contributed by atoms with Crippen LogP contribution in [0.25, 0.3) is 0 Å². The van der Waals surface area contributed by atoms with Crippen molar-refractivity contribution in [3.8, 4) is 0 Å². The molecule has 3 heteroatoms. The molecule has 0 heterocycles. The largest absolute Gasteiger partial charge is 0.354 e. The van der Waals surface area contributed by atoms with Crippen LogP contribution in [0.15, 0.2) is 24.3 Å². The van der Waals surface area contributed by atoms with Crippen LogP contribution in [-0.2, 0) is 16.6 Å². The number of halogens is 1. The van der Waals surface area contributed by atoms with Gasteiger partial charge in [0.2, 0.25) is 5.91 Å². The van der Waals surface area contributed by atoms with Gasteiger partial charge in [-0.1, -0.05) is 45.0 Å². The van der Waals surface area contributed by atoms with Crippen LogP contribution in [0.1, 0.15) is 31.9 Å². The third kappa shape index (κ3) is 4.04. The molecule has 0 aromatic heterocycles. The number of alkyl halides is 1. The lowest BCUT2D eigenvalue weighted by Crippen LogP contribution is -2.37. The first-order valence-electron chi connectivity index (χ1n) is 5.91. The Morgan fingerprint density at radius 2 is 1.88 bits per heavy atom. The summed E-state index contributed by atoms with van der Waals surface area (Å²) in [6.07, 6.45) is 1.05. The number of carbonyl (C=O) groups is 1. The highest BCUT2D eigenvalue weighted by Gasteiger charge is 2.20. The number of carbonyl (C=O) groups excluding carboxylic acids is 1. The van der Waals surface area contributed by atoms with Crippen LogP contribution in [0.4, 0.5) is 0 Å². The fourth-order valence-electron chi connectivity index (χ4n) is 1.66. The van der Waals surface area contributed by atoms with Gasteiger partial charge >= 0.3 is 0 Å². The van der Waals surface area contributed by atoms with Crippen molar-refractivity contribution in [2.24, 2.45) is 0 Å². The Kier molecular flexibility index (Phi) is 5.01. The summed E-state index contributed by atoms with van der Waals surface area (Å²) in [5, 5.41) is 2.83. The van der Waals surface area contributed by atoms with Gasteiger partial charge < -0.3 is 5.32 Å². The van der Waals surface area contributed by atoms with E-state index in [2.05, 4.69) is 50.4 Å². The van der Waals surface area contributed by atoms with Gasteiger partial charge in [0.15, 0.2) is 0 Å². The Morgan fingerprint density at radius 3 is 2.35 bits per heavy atom. The summed E-state index contributed by atoms with van der Waals surface area (Å²) in [5.41, 5.74) is 2.48. The first kappa shape index (κ1) is 14.0. The van der Waals surface area contributed by atoms with Crippen LogP contribution < -0.4 is 5.32 Å². The van der Waals surface area contributed by atoms with Gasteiger partial charge in [0, 0.05) is 12.0 Å². The Hall–Kier alpha value is -1.02. The predicted octanol–water partition coefficient (Wildman–Crippen LogP) is 2.88. The molecule has 0 radical (unpaired) electrons. The second kappa shape index (κ2) is 6.06. The lowest BCUT2D eigenvalue weighted by atomic mass is 9.84. The van der Waals surface area contributed by atoms with E-state index in [1.165, 1.54) is 11.1 Å². The van der Waals surface area contributed by atoms with Gasteiger partial charge in [-0.2, -0.15) is 0 Å². The summed E-state index contributed by atoms with van der Waals surface area (Å²) in [4.78, 5) is 11.1. The maximum Gasteiger partial charge on any atom is 0.234 e. The molecule has 0 unspecified atom stereocenters. The fraction of sp³-hybridized carbons (Fsp3) is 0.500.